The molecule has 9 rings (SSSR count). The SMILES string of the molecule is C[Si]1(C)c2cc(-c3ccccc3)ccc2-c2ccc(N(c3ccccc3)c3ccc(-c4cccc5c4-c4ccccc4[Si]5(C)C)cc3)cc21. The molecule has 0 saturated heterocycles. The molecule has 0 bridgehead atoms. The van der Waals surface area contributed by atoms with Crippen molar-refractivity contribution in [3.63, 3.8) is 0 Å². The van der Waals surface area contributed by atoms with Crippen molar-refractivity contribution in [1.82, 2.24) is 0 Å². The van der Waals surface area contributed by atoms with E-state index in [1.807, 2.05) is 0 Å². The molecule has 7 aromatic rings. The number of para-hydroxylation sites is 1. The minimum Gasteiger partial charge on any atom is -0.311 e. The second-order valence-corrected chi connectivity index (χ2v) is 23.3. The Morgan fingerprint density at radius 3 is 1.61 bits per heavy atom. The van der Waals surface area contributed by atoms with Crippen LogP contribution in [0.1, 0.15) is 0 Å². The molecule has 0 fully saturated rings. The maximum absolute atomic E-state index is 2.51. The second-order valence-electron chi connectivity index (χ2n) is 14.6. The van der Waals surface area contributed by atoms with Gasteiger partial charge in [0.2, 0.25) is 0 Å². The largest absolute Gasteiger partial charge is 0.311 e. The van der Waals surface area contributed by atoms with Crippen LogP contribution in [-0.4, -0.2) is 16.1 Å². The molecule has 0 N–H and O–H groups in total. The Kier molecular flexibility index (Phi) is 6.81. The fourth-order valence-electron chi connectivity index (χ4n) is 8.48. The van der Waals surface area contributed by atoms with Gasteiger partial charge in [-0.15, -0.1) is 0 Å². The smallest absolute Gasteiger partial charge is 0.113 e. The monoisotopic (exact) mass is 661 g/mol. The Morgan fingerprint density at radius 1 is 0.327 bits per heavy atom. The lowest BCUT2D eigenvalue weighted by Gasteiger charge is -2.28. The molecule has 3 heteroatoms. The summed E-state index contributed by atoms with van der Waals surface area (Å²) >= 11 is 0. The molecule has 0 amide bonds. The molecule has 0 saturated carbocycles. The summed E-state index contributed by atoms with van der Waals surface area (Å²) in [5, 5.41) is 6.13. The van der Waals surface area contributed by atoms with Gasteiger partial charge in [0.1, 0.15) is 16.1 Å². The predicted molar refractivity (Wildman–Crippen MR) is 216 cm³/mol. The number of hydrogen-bond donors (Lipinski definition) is 0. The summed E-state index contributed by atoms with van der Waals surface area (Å²) in [4.78, 5) is 2.42. The molecule has 7 aromatic carbocycles. The fourth-order valence-corrected chi connectivity index (χ4v) is 14.7. The molecule has 1 nitrogen and oxygen atoms in total. The molecule has 0 aliphatic carbocycles. The minimum absolute atomic E-state index is 1.17. The maximum atomic E-state index is 2.51. The Bertz CT molecular complexity index is 2370. The molecule has 0 atom stereocenters. The van der Waals surface area contributed by atoms with Gasteiger partial charge in [-0.1, -0.05) is 154 Å². The first-order valence-electron chi connectivity index (χ1n) is 17.4. The third-order valence-electron chi connectivity index (χ3n) is 11.1. The van der Waals surface area contributed by atoms with Crippen molar-refractivity contribution in [2.45, 2.75) is 26.2 Å². The molecule has 49 heavy (non-hydrogen) atoms. The molecule has 0 unspecified atom stereocenters. The van der Waals surface area contributed by atoms with Crippen LogP contribution in [-0.2, 0) is 0 Å². The zero-order valence-electron chi connectivity index (χ0n) is 28.5. The number of rotatable bonds is 5. The molecule has 2 heterocycles. The first kappa shape index (κ1) is 29.9. The topological polar surface area (TPSA) is 3.24 Å². The van der Waals surface area contributed by atoms with Gasteiger partial charge in [-0.2, -0.15) is 0 Å². The highest BCUT2D eigenvalue weighted by Crippen LogP contribution is 2.41. The summed E-state index contributed by atoms with van der Waals surface area (Å²) in [5.41, 5.74) is 14.4. The number of fused-ring (bicyclic) bond motifs is 6. The van der Waals surface area contributed by atoms with Gasteiger partial charge >= 0.3 is 0 Å². The van der Waals surface area contributed by atoms with E-state index in [1.54, 1.807) is 10.4 Å². The lowest BCUT2D eigenvalue weighted by Crippen LogP contribution is -2.49. The van der Waals surface area contributed by atoms with E-state index in [-0.39, 0.29) is 0 Å². The van der Waals surface area contributed by atoms with Crippen molar-refractivity contribution in [1.29, 1.82) is 0 Å². The van der Waals surface area contributed by atoms with E-state index in [0.717, 1.165) is 0 Å². The van der Waals surface area contributed by atoms with Crippen LogP contribution in [0.25, 0.3) is 44.5 Å². The normalized spacial score (nSPS) is 14.4. The lowest BCUT2D eigenvalue weighted by molar-refractivity contribution is 1.29. The van der Waals surface area contributed by atoms with Crippen LogP contribution < -0.4 is 25.6 Å². The van der Waals surface area contributed by atoms with E-state index in [9.17, 15) is 0 Å². The third kappa shape index (κ3) is 4.64. The van der Waals surface area contributed by atoms with Crippen molar-refractivity contribution in [3.8, 4) is 44.5 Å². The maximum Gasteiger partial charge on any atom is 0.113 e. The highest BCUT2D eigenvalue weighted by Gasteiger charge is 2.39. The average molecular weight is 662 g/mol. The van der Waals surface area contributed by atoms with Crippen molar-refractivity contribution < 1.29 is 0 Å². The van der Waals surface area contributed by atoms with Crippen LogP contribution >= 0.6 is 0 Å². The highest BCUT2D eigenvalue weighted by molar-refractivity contribution is 7.04. The number of anilines is 3. The van der Waals surface area contributed by atoms with Gasteiger partial charge in [0, 0.05) is 17.1 Å². The summed E-state index contributed by atoms with van der Waals surface area (Å²) in [7, 11) is -3.68. The van der Waals surface area contributed by atoms with Crippen molar-refractivity contribution in [2.24, 2.45) is 0 Å². The van der Waals surface area contributed by atoms with Gasteiger partial charge in [0.15, 0.2) is 0 Å². The summed E-state index contributed by atoms with van der Waals surface area (Å²) in [6.45, 7) is 10.0. The number of benzene rings is 7. The van der Waals surface area contributed by atoms with Crippen LogP contribution in [0, 0.1) is 0 Å². The van der Waals surface area contributed by atoms with Gasteiger partial charge in [-0.25, -0.2) is 0 Å². The Morgan fingerprint density at radius 2 is 0.857 bits per heavy atom. The molecule has 0 radical (unpaired) electrons. The van der Waals surface area contributed by atoms with E-state index in [1.165, 1.54) is 71.9 Å². The summed E-state index contributed by atoms with van der Waals surface area (Å²) < 4.78 is 0. The van der Waals surface area contributed by atoms with E-state index in [2.05, 4.69) is 195 Å². The molecular formula is C46H39NSi2. The van der Waals surface area contributed by atoms with Crippen molar-refractivity contribution in [2.75, 3.05) is 4.90 Å². The zero-order valence-corrected chi connectivity index (χ0v) is 30.5. The predicted octanol–water partition coefficient (Wildman–Crippen LogP) is 10.1. The third-order valence-corrected chi connectivity index (χ3v) is 18.2. The summed E-state index contributed by atoms with van der Waals surface area (Å²) in [6.07, 6.45) is 0. The van der Waals surface area contributed by atoms with Gasteiger partial charge in [-0.05, 0) is 102 Å². The number of hydrogen-bond acceptors (Lipinski definition) is 1. The highest BCUT2D eigenvalue weighted by atomic mass is 28.3. The molecule has 2 aliphatic heterocycles. The molecular weight excluding hydrogens is 623 g/mol. The molecule has 236 valence electrons. The van der Waals surface area contributed by atoms with Crippen LogP contribution in [0.2, 0.25) is 26.2 Å². The molecule has 0 spiro atoms. The minimum atomic E-state index is -1.95. The molecule has 0 aromatic heterocycles. The summed E-state index contributed by atoms with van der Waals surface area (Å²) in [5.74, 6) is 0. The Hall–Kier alpha value is -5.23. The number of nitrogens with zero attached hydrogens (tertiary/aromatic N) is 1. The first-order chi connectivity index (χ1) is 23.8. The molecule has 2 aliphatic rings. The Balaban J connectivity index is 1.12. The Labute approximate surface area is 292 Å². The van der Waals surface area contributed by atoms with Crippen molar-refractivity contribution >= 4 is 54.0 Å². The van der Waals surface area contributed by atoms with Crippen LogP contribution in [0.3, 0.4) is 0 Å². The van der Waals surface area contributed by atoms with Gasteiger partial charge in [0.25, 0.3) is 0 Å². The zero-order chi connectivity index (χ0) is 33.3. The van der Waals surface area contributed by atoms with Crippen molar-refractivity contribution in [3.05, 3.63) is 164 Å². The van der Waals surface area contributed by atoms with Crippen LogP contribution in [0.4, 0.5) is 17.1 Å². The lowest BCUT2D eigenvalue weighted by atomic mass is 9.94. The van der Waals surface area contributed by atoms with Gasteiger partial charge in [0.05, 0.1) is 0 Å². The van der Waals surface area contributed by atoms with Gasteiger partial charge < -0.3 is 4.90 Å². The standard InChI is InChI=1S/C46H39NSi2/c1-48(2)42-20-12-11-18-41(42)46-38(19-13-21-43(46)48)33-22-25-36(26-23-33)47(35-16-9-6-10-17-35)37-27-29-40-39-28-24-34(32-14-7-5-8-15-32)30-44(39)49(3,4)45(40)31-37/h5-31H,1-4H3. The van der Waals surface area contributed by atoms with E-state index >= 15 is 0 Å². The van der Waals surface area contributed by atoms with E-state index in [4.69, 9.17) is 0 Å². The van der Waals surface area contributed by atoms with Crippen LogP contribution in [0.5, 0.6) is 0 Å². The quantitative estimate of drug-likeness (QED) is 0.166. The van der Waals surface area contributed by atoms with E-state index in [0.29, 0.717) is 0 Å². The average Bonchev–Trinajstić information content (AvgIpc) is 3.52. The van der Waals surface area contributed by atoms with E-state index < -0.39 is 16.1 Å². The van der Waals surface area contributed by atoms with Crippen LogP contribution in [0.15, 0.2) is 164 Å². The fraction of sp³-hybridized carbons (Fsp3) is 0.0870. The summed E-state index contributed by atoms with van der Waals surface area (Å²) in [6, 6.07) is 61.2. The second kappa shape index (κ2) is 11.2. The first-order valence-corrected chi connectivity index (χ1v) is 23.4. The van der Waals surface area contributed by atoms with Gasteiger partial charge in [-0.3, -0.25) is 0 Å².